The van der Waals surface area contributed by atoms with Gasteiger partial charge in [-0.05, 0) is 62.1 Å². The monoisotopic (exact) mass is 462 g/mol. The van der Waals surface area contributed by atoms with Gasteiger partial charge in [0, 0.05) is 35.7 Å². The van der Waals surface area contributed by atoms with Gasteiger partial charge in [0.05, 0.1) is 18.0 Å². The Morgan fingerprint density at radius 2 is 1.97 bits per heavy atom. The van der Waals surface area contributed by atoms with E-state index in [2.05, 4.69) is 47.5 Å². The van der Waals surface area contributed by atoms with Crippen LogP contribution in [0, 0.1) is 24.2 Å². The molecule has 3 unspecified atom stereocenters. The van der Waals surface area contributed by atoms with Crippen LogP contribution >= 0.6 is 11.6 Å². The number of amides is 1. The number of carbonyl (C=O) groups is 1. The van der Waals surface area contributed by atoms with Crippen molar-refractivity contribution in [3.8, 4) is 6.07 Å². The quantitative estimate of drug-likeness (QED) is 0.533. The van der Waals surface area contributed by atoms with Crippen LogP contribution in [0.1, 0.15) is 41.2 Å². The summed E-state index contributed by atoms with van der Waals surface area (Å²) in [6.07, 6.45) is 4.07. The molecule has 3 atom stereocenters. The number of hydrogen-bond acceptors (Lipinski definition) is 5. The molecule has 1 aliphatic carbocycles. The summed E-state index contributed by atoms with van der Waals surface area (Å²) in [5.41, 5.74) is 9.05. The van der Waals surface area contributed by atoms with Gasteiger partial charge in [-0.3, -0.25) is 9.48 Å². The van der Waals surface area contributed by atoms with E-state index in [1.807, 2.05) is 12.1 Å². The molecule has 0 spiro atoms. The second-order valence-electron chi connectivity index (χ2n) is 8.53. The Labute approximate surface area is 198 Å². The molecule has 2 aromatic carbocycles. The normalized spacial score (nSPS) is 20.1. The van der Waals surface area contributed by atoms with E-state index in [1.165, 1.54) is 11.3 Å². The van der Waals surface area contributed by atoms with E-state index in [4.69, 9.17) is 17.3 Å². The molecular formula is C25H27ClN6O. The topological polar surface area (TPSA) is 100.0 Å². The molecule has 1 saturated carbocycles. The first-order valence-electron chi connectivity index (χ1n) is 11.0. The molecule has 7 nitrogen and oxygen atoms in total. The number of para-hydroxylation sites is 1. The van der Waals surface area contributed by atoms with Gasteiger partial charge in [-0.1, -0.05) is 29.8 Å². The molecule has 1 amide bonds. The van der Waals surface area contributed by atoms with Gasteiger partial charge in [0.25, 0.3) is 5.91 Å². The average Bonchev–Trinajstić information content (AvgIpc) is 3.24. The standard InChI is InChI=1S/C25H27ClN6O/c1-16-5-3-4-6-22(16)31(2)20-11-12-23(17(13-20)14-27)32-15-21(24(28)33)25(30-32)29-19-9-7-18(26)8-10-19/h3-10,15,17,20,23H,11-13H2,1-2H3,(H2,28,33)(H,29,30). The fraction of sp³-hybridized carbons (Fsp3) is 0.320. The summed E-state index contributed by atoms with van der Waals surface area (Å²) in [5, 5.41) is 18.3. The third-order valence-electron chi connectivity index (χ3n) is 6.44. The lowest BCUT2D eigenvalue weighted by Crippen LogP contribution is -2.40. The number of carbonyl (C=O) groups excluding carboxylic acids is 1. The maximum Gasteiger partial charge on any atom is 0.254 e. The van der Waals surface area contributed by atoms with Gasteiger partial charge in [0.1, 0.15) is 5.56 Å². The number of aryl methyl sites for hydroxylation is 1. The lowest BCUT2D eigenvalue weighted by atomic mass is 9.81. The van der Waals surface area contributed by atoms with E-state index in [0.29, 0.717) is 16.4 Å². The third-order valence-corrected chi connectivity index (χ3v) is 6.69. The molecule has 1 aliphatic rings. The van der Waals surface area contributed by atoms with Crippen LogP contribution in [0.2, 0.25) is 5.02 Å². The van der Waals surface area contributed by atoms with Crippen molar-refractivity contribution in [2.45, 2.75) is 38.3 Å². The van der Waals surface area contributed by atoms with Crippen molar-refractivity contribution in [1.29, 1.82) is 5.26 Å². The third kappa shape index (κ3) is 4.81. The van der Waals surface area contributed by atoms with Gasteiger partial charge in [0.15, 0.2) is 5.82 Å². The highest BCUT2D eigenvalue weighted by atomic mass is 35.5. The fourth-order valence-electron chi connectivity index (χ4n) is 4.60. The molecule has 8 heteroatoms. The van der Waals surface area contributed by atoms with Crippen LogP contribution in [0.25, 0.3) is 0 Å². The number of halogens is 1. The number of aromatic nitrogens is 2. The first-order chi connectivity index (χ1) is 15.9. The Morgan fingerprint density at radius 1 is 1.24 bits per heavy atom. The van der Waals surface area contributed by atoms with E-state index in [1.54, 1.807) is 35.1 Å². The zero-order valence-electron chi connectivity index (χ0n) is 18.7. The van der Waals surface area contributed by atoms with Crippen LogP contribution in [-0.2, 0) is 0 Å². The van der Waals surface area contributed by atoms with Crippen molar-refractivity contribution in [3.05, 3.63) is 70.9 Å². The summed E-state index contributed by atoms with van der Waals surface area (Å²) < 4.78 is 1.73. The van der Waals surface area contributed by atoms with Crippen LogP contribution in [0.3, 0.4) is 0 Å². The maximum atomic E-state index is 12.1. The highest BCUT2D eigenvalue weighted by Gasteiger charge is 2.35. The van der Waals surface area contributed by atoms with Crippen molar-refractivity contribution >= 4 is 34.7 Å². The SMILES string of the molecule is Cc1ccccc1N(C)C1CCC(n2cc(C(N)=O)c(Nc3ccc(Cl)cc3)n2)C(C#N)C1. The summed E-state index contributed by atoms with van der Waals surface area (Å²) in [6.45, 7) is 2.10. The van der Waals surface area contributed by atoms with Crippen molar-refractivity contribution in [2.75, 3.05) is 17.3 Å². The lowest BCUT2D eigenvalue weighted by molar-refractivity contribution is 0.100. The second-order valence-corrected chi connectivity index (χ2v) is 8.97. The zero-order valence-corrected chi connectivity index (χ0v) is 19.5. The second kappa shape index (κ2) is 9.55. The van der Waals surface area contributed by atoms with E-state index in [9.17, 15) is 10.1 Å². The minimum Gasteiger partial charge on any atom is -0.371 e. The maximum absolute atomic E-state index is 12.1. The van der Waals surface area contributed by atoms with Crippen molar-refractivity contribution in [2.24, 2.45) is 11.7 Å². The summed E-state index contributed by atoms with van der Waals surface area (Å²) in [6, 6.07) is 18.0. The number of anilines is 3. The summed E-state index contributed by atoms with van der Waals surface area (Å²) in [7, 11) is 2.09. The number of primary amides is 1. The minimum atomic E-state index is -0.570. The van der Waals surface area contributed by atoms with Crippen LogP contribution in [0.4, 0.5) is 17.2 Å². The van der Waals surface area contributed by atoms with Gasteiger partial charge >= 0.3 is 0 Å². The smallest absolute Gasteiger partial charge is 0.254 e. The van der Waals surface area contributed by atoms with Gasteiger partial charge in [0.2, 0.25) is 0 Å². The van der Waals surface area contributed by atoms with Gasteiger partial charge in [-0.2, -0.15) is 10.4 Å². The molecule has 3 aromatic rings. The average molecular weight is 463 g/mol. The Morgan fingerprint density at radius 3 is 2.64 bits per heavy atom. The van der Waals surface area contributed by atoms with E-state index in [0.717, 1.165) is 24.9 Å². The minimum absolute atomic E-state index is 0.129. The predicted octanol–water partition coefficient (Wildman–Crippen LogP) is 5.06. The van der Waals surface area contributed by atoms with E-state index in [-0.39, 0.29) is 18.0 Å². The summed E-state index contributed by atoms with van der Waals surface area (Å²) >= 11 is 5.96. The molecule has 1 aromatic heterocycles. The van der Waals surface area contributed by atoms with Gasteiger partial charge in [-0.15, -0.1) is 0 Å². The Bertz CT molecular complexity index is 1180. The van der Waals surface area contributed by atoms with Gasteiger partial charge in [-0.25, -0.2) is 0 Å². The zero-order chi connectivity index (χ0) is 23.5. The van der Waals surface area contributed by atoms with Crippen LogP contribution in [0.15, 0.2) is 54.7 Å². The van der Waals surface area contributed by atoms with Gasteiger partial charge < -0.3 is 16.0 Å². The first-order valence-corrected chi connectivity index (χ1v) is 11.3. The van der Waals surface area contributed by atoms with Crippen molar-refractivity contribution in [1.82, 2.24) is 9.78 Å². The molecule has 0 radical (unpaired) electrons. The molecular weight excluding hydrogens is 436 g/mol. The molecule has 170 valence electrons. The number of hydrogen-bond donors (Lipinski definition) is 2. The lowest BCUT2D eigenvalue weighted by Gasteiger charge is -2.39. The fourth-order valence-corrected chi connectivity index (χ4v) is 4.73. The van der Waals surface area contributed by atoms with E-state index < -0.39 is 5.91 Å². The Kier molecular flexibility index (Phi) is 6.57. The number of nitrogens with one attached hydrogen (secondary N) is 1. The number of rotatable bonds is 6. The predicted molar refractivity (Wildman–Crippen MR) is 131 cm³/mol. The first kappa shape index (κ1) is 22.7. The Hall–Kier alpha value is -3.50. The van der Waals surface area contributed by atoms with E-state index >= 15 is 0 Å². The van der Waals surface area contributed by atoms with Crippen LogP contribution < -0.4 is 16.0 Å². The summed E-state index contributed by atoms with van der Waals surface area (Å²) in [4.78, 5) is 14.4. The molecule has 1 fully saturated rings. The highest BCUT2D eigenvalue weighted by molar-refractivity contribution is 6.30. The molecule has 3 N–H and O–H groups in total. The number of nitrogens with two attached hydrogens (primary N) is 1. The number of nitriles is 1. The molecule has 33 heavy (non-hydrogen) atoms. The number of benzene rings is 2. The Balaban J connectivity index is 1.55. The highest BCUT2D eigenvalue weighted by Crippen LogP contribution is 2.38. The molecule has 0 saturated heterocycles. The molecule has 1 heterocycles. The molecule has 0 aliphatic heterocycles. The number of nitrogens with zero attached hydrogens (tertiary/aromatic N) is 4. The molecule has 0 bridgehead atoms. The summed E-state index contributed by atoms with van der Waals surface area (Å²) in [5.74, 6) is -0.431. The van der Waals surface area contributed by atoms with Crippen molar-refractivity contribution in [3.63, 3.8) is 0 Å². The molecule has 4 rings (SSSR count). The van der Waals surface area contributed by atoms with Crippen molar-refractivity contribution < 1.29 is 4.79 Å². The van der Waals surface area contributed by atoms with Crippen LogP contribution in [0.5, 0.6) is 0 Å². The largest absolute Gasteiger partial charge is 0.371 e. The van der Waals surface area contributed by atoms with Crippen LogP contribution in [-0.4, -0.2) is 28.8 Å².